The zero-order chi connectivity index (χ0) is 34.8. The van der Waals surface area contributed by atoms with Gasteiger partial charge in [-0.1, -0.05) is 81.1 Å². The maximum atomic E-state index is 14.6. The zero-order valence-corrected chi connectivity index (χ0v) is 37.4. The predicted octanol–water partition coefficient (Wildman–Crippen LogP) is 12.6. The number of hydrogen-bond donors (Lipinski definition) is 0. The Bertz CT molecular complexity index is 968. The molecule has 0 bridgehead atoms. The lowest BCUT2D eigenvalue weighted by Gasteiger charge is -2.41. The molecule has 0 amide bonds. The Morgan fingerprint density at radius 1 is 0.409 bits per heavy atom. The van der Waals surface area contributed by atoms with E-state index in [0.717, 1.165) is 0 Å². The molecular weight excluding hydrogens is 716 g/mol. The monoisotopic (exact) mass is 776 g/mol. The Balaban J connectivity index is 4.00. The maximum absolute atomic E-state index is 14.6. The fourth-order valence-corrected chi connectivity index (χ4v) is 29.1. The Morgan fingerprint density at radius 3 is 0.659 bits per heavy atom. The second-order valence-electron chi connectivity index (χ2n) is 14.1. The van der Waals surface area contributed by atoms with Gasteiger partial charge in [0, 0.05) is 0 Å². The second kappa shape index (κ2) is 15.6. The van der Waals surface area contributed by atoms with E-state index < -0.39 is 64.6 Å². The van der Waals surface area contributed by atoms with Crippen LogP contribution in [0.4, 0.5) is 0 Å². The largest absolute Gasteiger partial charge is 0.482 e. The van der Waals surface area contributed by atoms with Gasteiger partial charge in [0.25, 0.3) is 0 Å². The van der Waals surface area contributed by atoms with Crippen molar-refractivity contribution in [2.24, 2.45) is 0 Å². The average molecular weight is 777 g/mol. The fraction of sp³-hybridized carbons (Fsp3) is 1.00. The molecule has 44 heavy (non-hydrogen) atoms. The minimum absolute atomic E-state index is 0.0676. The van der Waals surface area contributed by atoms with Gasteiger partial charge in [-0.15, -0.1) is 0 Å². The van der Waals surface area contributed by atoms with Crippen molar-refractivity contribution < 1.29 is 52.4 Å². The van der Waals surface area contributed by atoms with E-state index >= 15 is 0 Å². The summed E-state index contributed by atoms with van der Waals surface area (Å²) in [4.78, 5) is 0. The van der Waals surface area contributed by atoms with E-state index in [9.17, 15) is 18.3 Å². The molecule has 0 spiro atoms. The van der Waals surface area contributed by atoms with Gasteiger partial charge in [-0.05, 0) is 74.5 Å². The first-order valence-electron chi connectivity index (χ1n) is 15.7. The van der Waals surface area contributed by atoms with Crippen LogP contribution < -0.4 is 0 Å². The summed E-state index contributed by atoms with van der Waals surface area (Å²) in [7, 11) is -32.1. The van der Waals surface area contributed by atoms with Crippen molar-refractivity contribution >= 4 is 64.6 Å². The molecule has 1 aliphatic heterocycles. The summed E-state index contributed by atoms with van der Waals surface area (Å²) in [5.74, 6) is 0. The Hall–Kier alpha value is 1.47. The minimum atomic E-state index is -5.08. The summed E-state index contributed by atoms with van der Waals surface area (Å²) in [6.45, 7) is 29.8. The lowest BCUT2D eigenvalue weighted by Crippen LogP contribution is -2.38. The van der Waals surface area contributed by atoms with Gasteiger partial charge in [-0.2, -0.15) is 17.2 Å². The molecule has 0 aliphatic carbocycles. The van der Waals surface area contributed by atoms with Crippen molar-refractivity contribution in [2.75, 3.05) is 0 Å². The highest BCUT2D eigenvalue weighted by Crippen LogP contribution is 2.85. The van der Waals surface area contributed by atoms with E-state index in [2.05, 4.69) is 0 Å². The average Bonchev–Trinajstić information content (AvgIpc) is 2.82. The molecule has 0 aromatic carbocycles. The molecule has 1 heterocycles. The van der Waals surface area contributed by atoms with E-state index in [0.29, 0.717) is 25.7 Å². The highest BCUT2D eigenvalue weighted by Gasteiger charge is 2.62. The summed E-state index contributed by atoms with van der Waals surface area (Å²) in [5, 5.41) is 0. The molecule has 12 nitrogen and oxygen atoms in total. The molecule has 0 N–H and O–H groups in total. The summed E-state index contributed by atoms with van der Waals surface area (Å²) >= 11 is 0. The third kappa shape index (κ3) is 11.8. The molecule has 1 aliphatic rings. The lowest BCUT2D eigenvalue weighted by atomic mass is 10.4. The standard InChI is InChI=1S/C24H60O12P4Si4/c1-17-21(5)41(9,10)33-37(25)29-38(26,34-42(11,12)22(6)18-2)31-40(28,36-44(15,16)24(8)20-4)32-39(27,30-37)35-43(13,14)23(7)19-3/h21-24H,17-20H2,1-16H3. The van der Waals surface area contributed by atoms with Crippen LogP contribution in [0.25, 0.3) is 0 Å². The van der Waals surface area contributed by atoms with Crippen LogP contribution in [0.2, 0.25) is 74.5 Å². The van der Waals surface area contributed by atoms with Crippen molar-refractivity contribution in [1.82, 2.24) is 0 Å². The number of rotatable bonds is 16. The van der Waals surface area contributed by atoms with Gasteiger partial charge in [0.15, 0.2) is 0 Å². The van der Waals surface area contributed by atoms with Gasteiger partial charge in [0.1, 0.15) is 0 Å². The van der Waals surface area contributed by atoms with Crippen molar-refractivity contribution in [3.05, 3.63) is 0 Å². The molecule has 1 rings (SSSR count). The van der Waals surface area contributed by atoms with Gasteiger partial charge in [-0.25, -0.2) is 18.3 Å². The first kappa shape index (κ1) is 43.5. The van der Waals surface area contributed by atoms with Crippen LogP contribution in [0.3, 0.4) is 0 Å². The molecule has 0 radical (unpaired) electrons. The van der Waals surface area contributed by atoms with Crippen molar-refractivity contribution in [3.8, 4) is 0 Å². The van der Waals surface area contributed by atoms with Gasteiger partial charge in [0.2, 0.25) is 33.3 Å². The molecule has 4 atom stereocenters. The smallest absolute Gasteiger partial charge is 0.329 e. The van der Waals surface area contributed by atoms with E-state index in [1.165, 1.54) is 0 Å². The van der Waals surface area contributed by atoms with Crippen molar-refractivity contribution in [1.29, 1.82) is 0 Å². The Labute approximate surface area is 271 Å². The van der Waals surface area contributed by atoms with Crippen LogP contribution in [0.5, 0.6) is 0 Å². The topological polar surface area (TPSA) is 142 Å². The molecular formula is C24H60O12P4Si4. The molecule has 1 saturated heterocycles. The lowest BCUT2D eigenvalue weighted by molar-refractivity contribution is 0.170. The SMILES string of the molecule is CCC(C)[Si](C)(C)OP1(=O)OP(=O)(O[Si](C)(C)C(C)CC)OP(=O)(O[Si](C)(C)C(C)CC)OP(=O)(O[Si](C)(C)C(C)CC)O1. The van der Waals surface area contributed by atoms with Crippen LogP contribution in [0.1, 0.15) is 81.1 Å². The molecule has 264 valence electrons. The summed E-state index contributed by atoms with van der Waals surface area (Å²) in [5.41, 5.74) is -0.270. The third-order valence-electron chi connectivity index (χ3n) is 9.38. The maximum Gasteiger partial charge on any atom is 0.482 e. The van der Waals surface area contributed by atoms with Crippen LogP contribution in [-0.4, -0.2) is 33.3 Å². The van der Waals surface area contributed by atoms with Gasteiger partial charge in [-0.3, -0.25) is 0 Å². The highest BCUT2D eigenvalue weighted by atomic mass is 31.3. The molecule has 0 saturated carbocycles. The van der Waals surface area contributed by atoms with E-state index in [4.69, 9.17) is 34.1 Å². The molecule has 20 heteroatoms. The highest BCUT2D eigenvalue weighted by molar-refractivity contribution is 7.77. The summed E-state index contributed by atoms with van der Waals surface area (Å²) < 4.78 is 105. The minimum Gasteiger partial charge on any atom is -0.329 e. The third-order valence-corrected chi connectivity index (χ3v) is 38.0. The van der Waals surface area contributed by atoms with E-state index in [1.54, 1.807) is 52.4 Å². The first-order valence-corrected chi connectivity index (χ1v) is 33.4. The van der Waals surface area contributed by atoms with Crippen LogP contribution in [0.15, 0.2) is 0 Å². The molecule has 0 aromatic rings. The van der Waals surface area contributed by atoms with Gasteiger partial charge >= 0.3 is 31.3 Å². The van der Waals surface area contributed by atoms with Crippen molar-refractivity contribution in [3.63, 3.8) is 0 Å². The van der Waals surface area contributed by atoms with Crippen molar-refractivity contribution in [2.45, 2.75) is 156 Å². The fourth-order valence-electron chi connectivity index (χ4n) is 4.16. The Kier molecular flexibility index (Phi) is 15.4. The van der Waals surface area contributed by atoms with Crippen LogP contribution in [-0.2, 0) is 52.4 Å². The Morgan fingerprint density at radius 2 is 0.545 bits per heavy atom. The zero-order valence-electron chi connectivity index (χ0n) is 29.8. The first-order chi connectivity index (χ1) is 19.6. The summed E-state index contributed by atoms with van der Waals surface area (Å²) in [6, 6.07) is 0. The number of hydrogen-bond acceptors (Lipinski definition) is 12. The second-order valence-corrected chi connectivity index (χ2v) is 40.0. The quantitative estimate of drug-likeness (QED) is 0.109. The molecule has 0 aromatic heterocycles. The van der Waals surface area contributed by atoms with Gasteiger partial charge < -0.3 is 16.9 Å². The molecule has 4 unspecified atom stereocenters. The van der Waals surface area contributed by atoms with Gasteiger partial charge in [0.05, 0.1) is 0 Å². The predicted molar refractivity (Wildman–Crippen MR) is 188 cm³/mol. The number of phosphoric acid groups is 4. The van der Waals surface area contributed by atoms with E-state index in [1.807, 2.05) is 55.4 Å². The molecule has 1 fully saturated rings. The van der Waals surface area contributed by atoms with Crippen LogP contribution >= 0.6 is 31.3 Å². The van der Waals surface area contributed by atoms with E-state index in [-0.39, 0.29) is 22.2 Å². The van der Waals surface area contributed by atoms with Crippen LogP contribution in [0, 0.1) is 0 Å². The summed E-state index contributed by atoms with van der Waals surface area (Å²) in [6.07, 6.45) is 2.70. The normalized spacial score (nSPS) is 32.4.